The van der Waals surface area contributed by atoms with E-state index in [1.54, 1.807) is 18.2 Å². The lowest BCUT2D eigenvalue weighted by Crippen LogP contribution is -2.23. The molecule has 5 rings (SSSR count). The van der Waals surface area contributed by atoms with Crippen LogP contribution >= 0.6 is 0 Å². The number of para-hydroxylation sites is 1. The van der Waals surface area contributed by atoms with Crippen LogP contribution in [-0.2, 0) is 4.79 Å². The van der Waals surface area contributed by atoms with Crippen molar-refractivity contribution < 1.29 is 9.18 Å². The Balaban J connectivity index is 1.88. The van der Waals surface area contributed by atoms with Crippen LogP contribution in [0.25, 0.3) is 22.3 Å². The maximum absolute atomic E-state index is 13.4. The molecule has 3 heterocycles. The number of halogens is 1. The molecule has 0 saturated carbocycles. The summed E-state index contributed by atoms with van der Waals surface area (Å²) in [6.45, 7) is 0. The van der Waals surface area contributed by atoms with E-state index >= 15 is 0 Å². The number of aromatic amines is 3. The molecule has 4 aromatic rings. The molecule has 7 nitrogen and oxygen atoms in total. The standard InChI is InChI=1S/C20H13FN4O3/c21-10-7-5-9(6-8-10)16-14(15-17(23-16)24-20(28)25-19(15)27)13-11-3-1-2-4-12(11)22-18(13)26/h1-8,13H,(H,22,26)(H3,23,24,25,27,28). The molecule has 0 radical (unpaired) electrons. The van der Waals surface area contributed by atoms with Gasteiger partial charge in [0.15, 0.2) is 0 Å². The molecule has 0 spiro atoms. The molecule has 0 fully saturated rings. The first-order chi connectivity index (χ1) is 13.5. The lowest BCUT2D eigenvalue weighted by Gasteiger charge is -2.11. The SMILES string of the molecule is O=C1Nc2ccccc2C1c1c(-c2ccc(F)cc2)[nH]c2[nH]c(=O)[nH]c(=O)c12. The van der Waals surface area contributed by atoms with Crippen LogP contribution in [0.5, 0.6) is 0 Å². The number of benzene rings is 2. The van der Waals surface area contributed by atoms with E-state index < -0.39 is 23.0 Å². The highest BCUT2D eigenvalue weighted by Crippen LogP contribution is 2.43. The van der Waals surface area contributed by atoms with Gasteiger partial charge in [0.1, 0.15) is 11.5 Å². The Labute approximate surface area is 156 Å². The number of hydrogen-bond acceptors (Lipinski definition) is 3. The van der Waals surface area contributed by atoms with Gasteiger partial charge in [-0.15, -0.1) is 0 Å². The van der Waals surface area contributed by atoms with Gasteiger partial charge in [-0.25, -0.2) is 9.18 Å². The van der Waals surface area contributed by atoms with Gasteiger partial charge in [0.2, 0.25) is 5.91 Å². The molecule has 1 amide bonds. The molecule has 2 aromatic heterocycles. The molecule has 1 aliphatic rings. The molecule has 8 heteroatoms. The smallest absolute Gasteiger partial charge is 0.327 e. The Morgan fingerprint density at radius 3 is 2.39 bits per heavy atom. The second-order valence-corrected chi connectivity index (χ2v) is 6.59. The van der Waals surface area contributed by atoms with E-state index in [0.29, 0.717) is 22.5 Å². The van der Waals surface area contributed by atoms with E-state index in [9.17, 15) is 18.8 Å². The van der Waals surface area contributed by atoms with Crippen LogP contribution in [0.15, 0.2) is 58.1 Å². The van der Waals surface area contributed by atoms with E-state index in [4.69, 9.17) is 0 Å². The summed E-state index contributed by atoms with van der Waals surface area (Å²) in [5.41, 5.74) is 1.83. The van der Waals surface area contributed by atoms with Crippen LogP contribution in [0.3, 0.4) is 0 Å². The maximum Gasteiger partial charge on any atom is 0.327 e. The zero-order chi connectivity index (χ0) is 19.4. The zero-order valence-electron chi connectivity index (χ0n) is 14.3. The lowest BCUT2D eigenvalue weighted by molar-refractivity contribution is -0.116. The van der Waals surface area contributed by atoms with Crippen LogP contribution in [-0.4, -0.2) is 20.9 Å². The fraction of sp³-hybridized carbons (Fsp3) is 0.0500. The van der Waals surface area contributed by atoms with Gasteiger partial charge in [0.25, 0.3) is 5.56 Å². The van der Waals surface area contributed by atoms with Crippen molar-refractivity contribution in [3.05, 3.63) is 86.3 Å². The van der Waals surface area contributed by atoms with Crippen molar-refractivity contribution in [1.82, 2.24) is 15.0 Å². The van der Waals surface area contributed by atoms with E-state index in [1.807, 2.05) is 18.2 Å². The minimum Gasteiger partial charge on any atom is -0.340 e. The van der Waals surface area contributed by atoms with Gasteiger partial charge in [0.05, 0.1) is 17.0 Å². The molecule has 1 atom stereocenters. The number of fused-ring (bicyclic) bond motifs is 2. The summed E-state index contributed by atoms with van der Waals surface area (Å²) < 4.78 is 13.4. The summed E-state index contributed by atoms with van der Waals surface area (Å²) >= 11 is 0. The van der Waals surface area contributed by atoms with Crippen molar-refractivity contribution in [2.24, 2.45) is 0 Å². The summed E-state index contributed by atoms with van der Waals surface area (Å²) in [5.74, 6) is -1.44. The first-order valence-corrected chi connectivity index (χ1v) is 8.57. The monoisotopic (exact) mass is 376 g/mol. The maximum atomic E-state index is 13.4. The van der Waals surface area contributed by atoms with Crippen LogP contribution in [0.2, 0.25) is 0 Å². The Morgan fingerprint density at radius 1 is 0.857 bits per heavy atom. The quantitative estimate of drug-likeness (QED) is 0.431. The summed E-state index contributed by atoms with van der Waals surface area (Å²) in [4.78, 5) is 45.0. The average Bonchev–Trinajstić information content (AvgIpc) is 3.19. The third kappa shape index (κ3) is 2.31. The topological polar surface area (TPSA) is 111 Å². The number of carbonyl (C=O) groups excluding carboxylic acids is 1. The second kappa shape index (κ2) is 5.78. The minimum atomic E-state index is -0.753. The predicted molar refractivity (Wildman–Crippen MR) is 102 cm³/mol. The van der Waals surface area contributed by atoms with Gasteiger partial charge in [-0.3, -0.25) is 19.6 Å². The molecule has 28 heavy (non-hydrogen) atoms. The Kier molecular flexibility index (Phi) is 3.35. The van der Waals surface area contributed by atoms with Gasteiger partial charge in [0, 0.05) is 11.3 Å². The van der Waals surface area contributed by atoms with Crippen LogP contribution in [0.1, 0.15) is 17.0 Å². The van der Waals surface area contributed by atoms with Crippen molar-refractivity contribution in [2.75, 3.05) is 5.32 Å². The number of hydrogen-bond donors (Lipinski definition) is 4. The summed E-state index contributed by atoms with van der Waals surface area (Å²) in [7, 11) is 0. The highest BCUT2D eigenvalue weighted by Gasteiger charge is 2.36. The fourth-order valence-electron chi connectivity index (χ4n) is 3.78. The van der Waals surface area contributed by atoms with Crippen LogP contribution < -0.4 is 16.6 Å². The molecule has 2 aromatic carbocycles. The summed E-state index contributed by atoms with van der Waals surface area (Å²) in [5, 5.41) is 3.01. The van der Waals surface area contributed by atoms with Gasteiger partial charge in [-0.2, -0.15) is 0 Å². The molecule has 0 bridgehead atoms. The van der Waals surface area contributed by atoms with Crippen molar-refractivity contribution in [2.45, 2.75) is 5.92 Å². The first-order valence-electron chi connectivity index (χ1n) is 8.57. The lowest BCUT2D eigenvalue weighted by atomic mass is 9.89. The molecule has 1 aliphatic heterocycles. The number of anilines is 1. The number of amides is 1. The van der Waals surface area contributed by atoms with E-state index in [2.05, 4.69) is 20.3 Å². The molecule has 138 valence electrons. The number of rotatable bonds is 2. The van der Waals surface area contributed by atoms with E-state index in [1.165, 1.54) is 12.1 Å². The molecule has 0 saturated heterocycles. The van der Waals surface area contributed by atoms with Crippen LogP contribution in [0.4, 0.5) is 10.1 Å². The highest BCUT2D eigenvalue weighted by molar-refractivity contribution is 6.08. The minimum absolute atomic E-state index is 0.191. The van der Waals surface area contributed by atoms with Crippen LogP contribution in [0, 0.1) is 5.82 Å². The van der Waals surface area contributed by atoms with Crippen molar-refractivity contribution in [3.8, 4) is 11.3 Å². The molecule has 1 unspecified atom stereocenters. The molecular weight excluding hydrogens is 363 g/mol. The molecule has 4 N–H and O–H groups in total. The molecular formula is C20H13FN4O3. The number of carbonyl (C=O) groups is 1. The number of H-pyrrole nitrogens is 3. The predicted octanol–water partition coefficient (Wildman–Crippen LogP) is 2.43. The summed E-state index contributed by atoms with van der Waals surface area (Å²) in [6, 6.07) is 12.9. The van der Waals surface area contributed by atoms with Crippen molar-refractivity contribution in [1.29, 1.82) is 0 Å². The Bertz CT molecular complexity index is 1360. The van der Waals surface area contributed by atoms with Crippen molar-refractivity contribution in [3.63, 3.8) is 0 Å². The van der Waals surface area contributed by atoms with E-state index in [-0.39, 0.29) is 16.9 Å². The highest BCUT2D eigenvalue weighted by atomic mass is 19.1. The van der Waals surface area contributed by atoms with Gasteiger partial charge < -0.3 is 10.3 Å². The Morgan fingerprint density at radius 2 is 1.61 bits per heavy atom. The van der Waals surface area contributed by atoms with Gasteiger partial charge in [-0.1, -0.05) is 18.2 Å². The fourth-order valence-corrected chi connectivity index (χ4v) is 3.78. The summed E-state index contributed by atoms with van der Waals surface area (Å²) in [6.07, 6.45) is 0. The largest absolute Gasteiger partial charge is 0.340 e. The Hall–Kier alpha value is -3.94. The normalized spacial score (nSPS) is 15.6. The average molecular weight is 376 g/mol. The zero-order valence-corrected chi connectivity index (χ0v) is 14.3. The van der Waals surface area contributed by atoms with Gasteiger partial charge in [-0.05, 0) is 41.5 Å². The van der Waals surface area contributed by atoms with E-state index in [0.717, 1.165) is 5.56 Å². The third-order valence-corrected chi connectivity index (χ3v) is 4.94. The molecule has 0 aliphatic carbocycles. The van der Waals surface area contributed by atoms with Gasteiger partial charge >= 0.3 is 5.69 Å². The second-order valence-electron chi connectivity index (χ2n) is 6.59. The van der Waals surface area contributed by atoms with Crippen molar-refractivity contribution >= 4 is 22.6 Å². The number of nitrogens with one attached hydrogen (secondary N) is 4. The number of aromatic nitrogens is 3. The third-order valence-electron chi connectivity index (χ3n) is 4.94. The first kappa shape index (κ1) is 16.2.